The summed E-state index contributed by atoms with van der Waals surface area (Å²) in [6, 6.07) is 4.39. The molecule has 0 radical (unpaired) electrons. The molecule has 3 heteroatoms. The molecule has 110 valence electrons. The summed E-state index contributed by atoms with van der Waals surface area (Å²) in [5.41, 5.74) is 0. The van der Waals surface area contributed by atoms with Crippen molar-refractivity contribution in [1.82, 2.24) is 4.90 Å². The molecule has 1 aromatic heterocycles. The van der Waals surface area contributed by atoms with Gasteiger partial charge in [-0.15, -0.1) is 11.3 Å². The van der Waals surface area contributed by atoms with E-state index in [2.05, 4.69) is 45.4 Å². The van der Waals surface area contributed by atoms with Gasteiger partial charge < -0.3 is 4.90 Å². The lowest BCUT2D eigenvalue weighted by molar-refractivity contribution is 0.328. The highest BCUT2D eigenvalue weighted by Crippen LogP contribution is 2.10. The summed E-state index contributed by atoms with van der Waals surface area (Å²) >= 11 is 5.36. The lowest BCUT2D eigenvalue weighted by Crippen LogP contribution is -2.22. The Balaban J connectivity index is 1.86. The van der Waals surface area contributed by atoms with Crippen LogP contribution in [0.3, 0.4) is 0 Å². The van der Waals surface area contributed by atoms with E-state index in [1.54, 1.807) is 0 Å². The standard InChI is InChI=1S/C16H28BrNS/c1-18(14-11-16-10-9-15-19-16)13-8-6-4-2-3-5-7-12-17/h9-10,15H,2-8,11-14H2,1H3. The van der Waals surface area contributed by atoms with E-state index >= 15 is 0 Å². The van der Waals surface area contributed by atoms with Crippen molar-refractivity contribution in [1.29, 1.82) is 0 Å². The predicted octanol–water partition coefficient (Wildman–Crippen LogP) is 5.35. The van der Waals surface area contributed by atoms with Crippen molar-refractivity contribution in [3.63, 3.8) is 0 Å². The minimum absolute atomic E-state index is 1.17. The summed E-state index contributed by atoms with van der Waals surface area (Å²) in [5.74, 6) is 0. The molecule has 0 aliphatic heterocycles. The molecule has 0 unspecified atom stereocenters. The number of halogens is 1. The highest BCUT2D eigenvalue weighted by atomic mass is 79.9. The number of hydrogen-bond donors (Lipinski definition) is 0. The quantitative estimate of drug-likeness (QED) is 0.364. The number of nitrogens with zero attached hydrogens (tertiary/aromatic N) is 1. The Labute approximate surface area is 131 Å². The highest BCUT2D eigenvalue weighted by molar-refractivity contribution is 9.09. The van der Waals surface area contributed by atoms with Crippen molar-refractivity contribution in [3.8, 4) is 0 Å². The van der Waals surface area contributed by atoms with Crippen LogP contribution in [0.4, 0.5) is 0 Å². The Hall–Kier alpha value is 0.140. The van der Waals surface area contributed by atoms with E-state index in [0.29, 0.717) is 0 Å². The summed E-state index contributed by atoms with van der Waals surface area (Å²) in [6.07, 6.45) is 11.0. The first kappa shape index (κ1) is 17.2. The second-order valence-electron chi connectivity index (χ2n) is 5.30. The second-order valence-corrected chi connectivity index (χ2v) is 7.12. The third kappa shape index (κ3) is 9.64. The molecule has 0 saturated carbocycles. The first-order valence-electron chi connectivity index (χ1n) is 7.60. The van der Waals surface area contributed by atoms with Gasteiger partial charge in [0.25, 0.3) is 0 Å². The smallest absolute Gasteiger partial charge is 0.00579 e. The molecule has 0 atom stereocenters. The summed E-state index contributed by atoms with van der Waals surface area (Å²) < 4.78 is 0. The topological polar surface area (TPSA) is 3.24 Å². The zero-order valence-corrected chi connectivity index (χ0v) is 14.6. The Morgan fingerprint density at radius 3 is 2.32 bits per heavy atom. The van der Waals surface area contributed by atoms with E-state index in [0.717, 1.165) is 0 Å². The van der Waals surface area contributed by atoms with Crippen LogP contribution in [0.15, 0.2) is 17.5 Å². The van der Waals surface area contributed by atoms with E-state index < -0.39 is 0 Å². The Morgan fingerprint density at radius 2 is 1.68 bits per heavy atom. The average molecular weight is 346 g/mol. The lowest BCUT2D eigenvalue weighted by atomic mass is 10.1. The Morgan fingerprint density at radius 1 is 1.00 bits per heavy atom. The Bertz CT molecular complexity index is 287. The maximum Gasteiger partial charge on any atom is 0.00579 e. The van der Waals surface area contributed by atoms with Gasteiger partial charge >= 0.3 is 0 Å². The predicted molar refractivity (Wildman–Crippen MR) is 91.6 cm³/mol. The van der Waals surface area contributed by atoms with Gasteiger partial charge in [0.2, 0.25) is 0 Å². The SMILES string of the molecule is CN(CCCCCCCCCBr)CCc1cccs1. The van der Waals surface area contributed by atoms with Crippen molar-refractivity contribution in [2.24, 2.45) is 0 Å². The molecule has 1 rings (SSSR count). The molecule has 1 aromatic rings. The van der Waals surface area contributed by atoms with Crippen LogP contribution in [0.5, 0.6) is 0 Å². The van der Waals surface area contributed by atoms with E-state index in [4.69, 9.17) is 0 Å². The minimum atomic E-state index is 1.17. The van der Waals surface area contributed by atoms with E-state index in [1.165, 1.54) is 74.7 Å². The molecule has 19 heavy (non-hydrogen) atoms. The average Bonchev–Trinajstić information content (AvgIpc) is 2.93. The maximum absolute atomic E-state index is 3.48. The van der Waals surface area contributed by atoms with Crippen molar-refractivity contribution >= 4 is 27.3 Å². The summed E-state index contributed by atoms with van der Waals surface area (Å²) in [6.45, 7) is 2.46. The van der Waals surface area contributed by atoms with Gasteiger partial charge in [-0.3, -0.25) is 0 Å². The normalized spacial score (nSPS) is 11.3. The van der Waals surface area contributed by atoms with Crippen molar-refractivity contribution in [3.05, 3.63) is 22.4 Å². The third-order valence-electron chi connectivity index (χ3n) is 3.49. The fourth-order valence-electron chi connectivity index (χ4n) is 2.23. The first-order valence-corrected chi connectivity index (χ1v) is 9.60. The van der Waals surface area contributed by atoms with Crippen molar-refractivity contribution < 1.29 is 0 Å². The monoisotopic (exact) mass is 345 g/mol. The summed E-state index contributed by atoms with van der Waals surface area (Å²) in [7, 11) is 2.25. The molecule has 0 N–H and O–H groups in total. The molecule has 0 aliphatic carbocycles. The van der Waals surface area contributed by atoms with E-state index in [1.807, 2.05) is 11.3 Å². The fraction of sp³-hybridized carbons (Fsp3) is 0.750. The van der Waals surface area contributed by atoms with Crippen LogP contribution in [0.2, 0.25) is 0 Å². The molecule has 0 spiro atoms. The minimum Gasteiger partial charge on any atom is -0.306 e. The molecule has 1 nitrogen and oxygen atoms in total. The maximum atomic E-state index is 3.48. The van der Waals surface area contributed by atoms with Gasteiger partial charge in [0.05, 0.1) is 0 Å². The molecule has 0 saturated heterocycles. The van der Waals surface area contributed by atoms with Gasteiger partial charge in [-0.1, -0.05) is 54.1 Å². The number of likely N-dealkylation sites (N-methyl/N-ethyl adjacent to an activating group) is 1. The van der Waals surface area contributed by atoms with Crippen LogP contribution in [-0.2, 0) is 6.42 Å². The third-order valence-corrected chi connectivity index (χ3v) is 4.99. The van der Waals surface area contributed by atoms with Gasteiger partial charge in [0.1, 0.15) is 0 Å². The number of thiophene rings is 1. The number of unbranched alkanes of at least 4 members (excludes halogenated alkanes) is 6. The van der Waals surface area contributed by atoms with Crippen LogP contribution < -0.4 is 0 Å². The van der Waals surface area contributed by atoms with Gasteiger partial charge in [-0.25, -0.2) is 0 Å². The van der Waals surface area contributed by atoms with Crippen LogP contribution in [-0.4, -0.2) is 30.4 Å². The molecule has 0 amide bonds. The second kappa shape index (κ2) is 11.9. The number of rotatable bonds is 12. The summed E-state index contributed by atoms with van der Waals surface area (Å²) in [4.78, 5) is 3.99. The van der Waals surface area contributed by atoms with Crippen LogP contribution in [0, 0.1) is 0 Å². The van der Waals surface area contributed by atoms with Crippen LogP contribution >= 0.6 is 27.3 Å². The van der Waals surface area contributed by atoms with Crippen LogP contribution in [0.1, 0.15) is 49.8 Å². The largest absolute Gasteiger partial charge is 0.306 e. The first-order chi connectivity index (χ1) is 9.33. The van der Waals surface area contributed by atoms with Gasteiger partial charge in [-0.2, -0.15) is 0 Å². The molecule has 0 aliphatic rings. The fourth-order valence-corrected chi connectivity index (χ4v) is 3.32. The van der Waals surface area contributed by atoms with Gasteiger partial charge in [0.15, 0.2) is 0 Å². The molecule has 0 bridgehead atoms. The molecular formula is C16H28BrNS. The number of alkyl halides is 1. The highest BCUT2D eigenvalue weighted by Gasteiger charge is 2.00. The summed E-state index contributed by atoms with van der Waals surface area (Å²) in [5, 5.41) is 3.34. The molecular weight excluding hydrogens is 318 g/mol. The molecule has 0 fully saturated rings. The molecule has 1 heterocycles. The zero-order valence-electron chi connectivity index (χ0n) is 12.2. The van der Waals surface area contributed by atoms with Gasteiger partial charge in [-0.05, 0) is 44.3 Å². The molecule has 0 aromatic carbocycles. The number of hydrogen-bond acceptors (Lipinski definition) is 2. The van der Waals surface area contributed by atoms with Crippen LogP contribution in [0.25, 0.3) is 0 Å². The Kier molecular flexibility index (Phi) is 10.8. The van der Waals surface area contributed by atoms with Crippen molar-refractivity contribution in [2.75, 3.05) is 25.5 Å². The zero-order chi connectivity index (χ0) is 13.8. The van der Waals surface area contributed by atoms with Gasteiger partial charge in [0, 0.05) is 16.8 Å². The van der Waals surface area contributed by atoms with E-state index in [9.17, 15) is 0 Å². The van der Waals surface area contributed by atoms with E-state index in [-0.39, 0.29) is 0 Å². The lowest BCUT2D eigenvalue weighted by Gasteiger charge is -2.15. The van der Waals surface area contributed by atoms with Crippen molar-refractivity contribution in [2.45, 2.75) is 51.4 Å².